The van der Waals surface area contributed by atoms with Crippen LogP contribution in [0.1, 0.15) is 24.9 Å². The van der Waals surface area contributed by atoms with E-state index in [0.29, 0.717) is 6.61 Å². The zero-order valence-corrected chi connectivity index (χ0v) is 12.0. The van der Waals surface area contributed by atoms with Gasteiger partial charge in [-0.3, -0.25) is 0 Å². The zero-order chi connectivity index (χ0) is 14.4. The second-order valence-corrected chi connectivity index (χ2v) is 4.69. The molecule has 0 aliphatic rings. The minimum Gasteiger partial charge on any atom is -0.497 e. The number of methoxy groups -OCH3 is 1. The highest BCUT2D eigenvalue weighted by molar-refractivity contribution is 5.42. The van der Waals surface area contributed by atoms with Crippen LogP contribution in [0, 0.1) is 0 Å². The molecule has 0 amide bonds. The smallest absolute Gasteiger partial charge is 0.127 e. The summed E-state index contributed by atoms with van der Waals surface area (Å²) < 4.78 is 13.1. The molecular formula is C15H21N3O2. The summed E-state index contributed by atoms with van der Waals surface area (Å²) in [6.45, 7) is 3.46. The number of hydrogen-bond acceptors (Lipinski definition) is 4. The van der Waals surface area contributed by atoms with Gasteiger partial charge in [0.15, 0.2) is 0 Å². The maximum absolute atomic E-state index is 5.95. The van der Waals surface area contributed by atoms with Gasteiger partial charge in [0.2, 0.25) is 0 Å². The fraction of sp³-hybridized carbons (Fsp3) is 0.400. The fourth-order valence-electron chi connectivity index (χ4n) is 1.99. The standard InChI is InChI=1S/C15H21N3O2/c1-12(16)14-5-4-13(19-2)10-15(14)20-9-3-7-18-8-6-17-11-18/h4-6,8,10-12H,3,7,9,16H2,1-2H3/t12-/m0/s1. The molecule has 1 heterocycles. The normalized spacial score (nSPS) is 12.2. The minimum absolute atomic E-state index is 0.0652. The van der Waals surface area contributed by atoms with E-state index in [-0.39, 0.29) is 6.04 Å². The van der Waals surface area contributed by atoms with Crippen molar-refractivity contribution in [2.75, 3.05) is 13.7 Å². The zero-order valence-electron chi connectivity index (χ0n) is 12.0. The van der Waals surface area contributed by atoms with Crippen molar-refractivity contribution in [2.24, 2.45) is 5.73 Å². The van der Waals surface area contributed by atoms with Crippen molar-refractivity contribution < 1.29 is 9.47 Å². The summed E-state index contributed by atoms with van der Waals surface area (Å²) in [6.07, 6.45) is 6.43. The van der Waals surface area contributed by atoms with Crippen molar-refractivity contribution in [3.8, 4) is 11.5 Å². The molecule has 1 atom stereocenters. The largest absolute Gasteiger partial charge is 0.497 e. The molecule has 5 heteroatoms. The summed E-state index contributed by atoms with van der Waals surface area (Å²) in [5.74, 6) is 1.57. The van der Waals surface area contributed by atoms with Crippen LogP contribution >= 0.6 is 0 Å². The molecule has 108 valence electrons. The lowest BCUT2D eigenvalue weighted by Crippen LogP contribution is -2.10. The van der Waals surface area contributed by atoms with Crippen molar-refractivity contribution in [1.82, 2.24) is 9.55 Å². The topological polar surface area (TPSA) is 62.3 Å². The van der Waals surface area contributed by atoms with E-state index in [9.17, 15) is 0 Å². The Bertz CT molecular complexity index is 524. The third-order valence-electron chi connectivity index (χ3n) is 3.09. The highest BCUT2D eigenvalue weighted by atomic mass is 16.5. The van der Waals surface area contributed by atoms with Crippen LogP contribution in [-0.4, -0.2) is 23.3 Å². The number of nitrogens with zero attached hydrogens (tertiary/aromatic N) is 2. The van der Waals surface area contributed by atoms with E-state index in [1.54, 1.807) is 19.6 Å². The lowest BCUT2D eigenvalue weighted by molar-refractivity contribution is 0.295. The molecule has 1 aromatic heterocycles. The van der Waals surface area contributed by atoms with Crippen LogP contribution < -0.4 is 15.2 Å². The second-order valence-electron chi connectivity index (χ2n) is 4.69. The quantitative estimate of drug-likeness (QED) is 0.788. The predicted molar refractivity (Wildman–Crippen MR) is 77.9 cm³/mol. The van der Waals surface area contributed by atoms with E-state index < -0.39 is 0 Å². The first-order chi connectivity index (χ1) is 9.70. The third-order valence-corrected chi connectivity index (χ3v) is 3.09. The third kappa shape index (κ3) is 3.74. The molecule has 0 bridgehead atoms. The summed E-state index contributed by atoms with van der Waals surface area (Å²) in [5, 5.41) is 0. The van der Waals surface area contributed by atoms with Gasteiger partial charge in [0.05, 0.1) is 20.0 Å². The number of imidazole rings is 1. The van der Waals surface area contributed by atoms with Gasteiger partial charge in [-0.2, -0.15) is 0 Å². The molecular weight excluding hydrogens is 254 g/mol. The lowest BCUT2D eigenvalue weighted by Gasteiger charge is -2.15. The summed E-state index contributed by atoms with van der Waals surface area (Å²) in [7, 11) is 1.64. The van der Waals surface area contributed by atoms with Gasteiger partial charge in [0, 0.05) is 36.6 Å². The summed E-state index contributed by atoms with van der Waals surface area (Å²) in [5.41, 5.74) is 6.95. The molecule has 1 aromatic carbocycles. The van der Waals surface area contributed by atoms with Crippen molar-refractivity contribution in [3.63, 3.8) is 0 Å². The van der Waals surface area contributed by atoms with Crippen LogP contribution in [0.15, 0.2) is 36.9 Å². The predicted octanol–water partition coefficient (Wildman–Crippen LogP) is 2.38. The fourth-order valence-corrected chi connectivity index (χ4v) is 1.99. The minimum atomic E-state index is -0.0652. The first-order valence-electron chi connectivity index (χ1n) is 6.72. The molecule has 0 saturated heterocycles. The number of nitrogens with two attached hydrogens (primary N) is 1. The summed E-state index contributed by atoms with van der Waals surface area (Å²) in [4.78, 5) is 4.01. The highest BCUT2D eigenvalue weighted by Crippen LogP contribution is 2.28. The van der Waals surface area contributed by atoms with Gasteiger partial charge in [-0.05, 0) is 19.4 Å². The van der Waals surface area contributed by atoms with E-state index in [0.717, 1.165) is 30.0 Å². The molecule has 0 spiro atoms. The maximum atomic E-state index is 5.95. The lowest BCUT2D eigenvalue weighted by atomic mass is 10.1. The SMILES string of the molecule is COc1ccc([C@H](C)N)c(OCCCn2ccnc2)c1. The molecule has 5 nitrogen and oxygen atoms in total. The molecule has 2 aromatic rings. The monoisotopic (exact) mass is 275 g/mol. The Kier molecular flexibility index (Phi) is 5.01. The molecule has 2 N–H and O–H groups in total. The first-order valence-corrected chi connectivity index (χ1v) is 6.72. The molecule has 0 radical (unpaired) electrons. The highest BCUT2D eigenvalue weighted by Gasteiger charge is 2.09. The summed E-state index contributed by atoms with van der Waals surface area (Å²) in [6, 6.07) is 5.67. The molecule has 2 rings (SSSR count). The van der Waals surface area contributed by atoms with Gasteiger partial charge in [-0.15, -0.1) is 0 Å². The van der Waals surface area contributed by atoms with Gasteiger partial charge in [0.25, 0.3) is 0 Å². The van der Waals surface area contributed by atoms with E-state index >= 15 is 0 Å². The molecule has 0 unspecified atom stereocenters. The molecule has 0 aliphatic carbocycles. The van der Waals surface area contributed by atoms with Crippen LogP contribution in [0.2, 0.25) is 0 Å². The number of ether oxygens (including phenoxy) is 2. The molecule has 0 fully saturated rings. The Morgan fingerprint density at radius 2 is 2.25 bits per heavy atom. The van der Waals surface area contributed by atoms with Crippen LogP contribution in [0.3, 0.4) is 0 Å². The van der Waals surface area contributed by atoms with Gasteiger partial charge in [0.1, 0.15) is 11.5 Å². The van der Waals surface area contributed by atoms with E-state index in [4.69, 9.17) is 15.2 Å². The second kappa shape index (κ2) is 6.96. The van der Waals surface area contributed by atoms with Crippen LogP contribution in [-0.2, 0) is 6.54 Å². The molecule has 0 saturated carbocycles. The summed E-state index contributed by atoms with van der Waals surface area (Å²) >= 11 is 0. The van der Waals surface area contributed by atoms with Crippen molar-refractivity contribution in [1.29, 1.82) is 0 Å². The molecule has 20 heavy (non-hydrogen) atoms. The Morgan fingerprint density at radius 3 is 2.90 bits per heavy atom. The van der Waals surface area contributed by atoms with E-state index in [1.807, 2.05) is 35.9 Å². The van der Waals surface area contributed by atoms with Crippen molar-refractivity contribution in [3.05, 3.63) is 42.5 Å². The first kappa shape index (κ1) is 14.4. The van der Waals surface area contributed by atoms with Crippen molar-refractivity contribution >= 4 is 0 Å². The Hall–Kier alpha value is -2.01. The number of aryl methyl sites for hydroxylation is 1. The van der Waals surface area contributed by atoms with Gasteiger partial charge >= 0.3 is 0 Å². The van der Waals surface area contributed by atoms with Crippen molar-refractivity contribution in [2.45, 2.75) is 25.9 Å². The number of rotatable bonds is 7. The average molecular weight is 275 g/mol. The van der Waals surface area contributed by atoms with Crippen LogP contribution in [0.25, 0.3) is 0 Å². The Labute approximate surface area is 119 Å². The number of hydrogen-bond donors (Lipinski definition) is 1. The maximum Gasteiger partial charge on any atom is 0.127 e. The molecule has 0 aliphatic heterocycles. The number of aromatic nitrogens is 2. The van der Waals surface area contributed by atoms with Gasteiger partial charge in [-0.1, -0.05) is 6.07 Å². The van der Waals surface area contributed by atoms with E-state index in [2.05, 4.69) is 4.98 Å². The average Bonchev–Trinajstić information content (AvgIpc) is 2.96. The van der Waals surface area contributed by atoms with Crippen LogP contribution in [0.4, 0.5) is 0 Å². The Morgan fingerprint density at radius 1 is 1.40 bits per heavy atom. The van der Waals surface area contributed by atoms with Gasteiger partial charge < -0.3 is 19.8 Å². The number of benzene rings is 1. The van der Waals surface area contributed by atoms with Gasteiger partial charge in [-0.25, -0.2) is 4.98 Å². The van der Waals surface area contributed by atoms with E-state index in [1.165, 1.54) is 0 Å². The Balaban J connectivity index is 1.93. The van der Waals surface area contributed by atoms with Crippen LogP contribution in [0.5, 0.6) is 11.5 Å².